The van der Waals surface area contributed by atoms with Crippen molar-refractivity contribution in [2.45, 2.75) is 58.7 Å². The molecule has 19 heavy (non-hydrogen) atoms. The summed E-state index contributed by atoms with van der Waals surface area (Å²) in [6, 6.07) is 0. The Morgan fingerprint density at radius 1 is 1.11 bits per heavy atom. The van der Waals surface area contributed by atoms with Gasteiger partial charge in [0.1, 0.15) is 5.82 Å². The zero-order valence-electron chi connectivity index (χ0n) is 12.5. The minimum absolute atomic E-state index is 0.0528. The SMILES string of the molecule is CC(C)c1c(F)cncc1B1OC(C)(C)C(C)(C)O1. The van der Waals surface area contributed by atoms with E-state index in [-0.39, 0.29) is 11.7 Å². The summed E-state index contributed by atoms with van der Waals surface area (Å²) >= 11 is 0. The number of aromatic nitrogens is 1. The molecule has 1 aromatic rings. The fraction of sp³-hybridized carbons (Fsp3) is 0.643. The fourth-order valence-corrected chi connectivity index (χ4v) is 2.23. The normalized spacial score (nSPS) is 21.2. The molecule has 0 saturated carbocycles. The predicted molar refractivity (Wildman–Crippen MR) is 74.0 cm³/mol. The molecule has 0 aliphatic carbocycles. The van der Waals surface area contributed by atoms with E-state index in [0.717, 1.165) is 0 Å². The highest BCUT2D eigenvalue weighted by molar-refractivity contribution is 6.62. The predicted octanol–water partition coefficient (Wildman–Crippen LogP) is 2.64. The maximum Gasteiger partial charge on any atom is 0.496 e. The second-order valence-electron chi connectivity index (χ2n) is 6.37. The summed E-state index contributed by atoms with van der Waals surface area (Å²) in [7, 11) is -0.564. The lowest BCUT2D eigenvalue weighted by molar-refractivity contribution is 0.00578. The topological polar surface area (TPSA) is 31.4 Å². The number of rotatable bonds is 2. The van der Waals surface area contributed by atoms with Crippen LogP contribution in [0.4, 0.5) is 4.39 Å². The molecule has 0 amide bonds. The summed E-state index contributed by atoms with van der Waals surface area (Å²) < 4.78 is 25.9. The van der Waals surface area contributed by atoms with Crippen LogP contribution in [0, 0.1) is 5.82 Å². The van der Waals surface area contributed by atoms with Gasteiger partial charge in [0.2, 0.25) is 0 Å². The fourth-order valence-electron chi connectivity index (χ4n) is 2.23. The van der Waals surface area contributed by atoms with Gasteiger partial charge in [0.25, 0.3) is 0 Å². The van der Waals surface area contributed by atoms with Crippen molar-refractivity contribution in [3.05, 3.63) is 23.8 Å². The van der Waals surface area contributed by atoms with Gasteiger partial charge in [-0.3, -0.25) is 4.98 Å². The van der Waals surface area contributed by atoms with Gasteiger partial charge in [-0.25, -0.2) is 4.39 Å². The van der Waals surface area contributed by atoms with E-state index in [2.05, 4.69) is 4.98 Å². The molecule has 1 fully saturated rings. The van der Waals surface area contributed by atoms with E-state index < -0.39 is 18.3 Å². The Kier molecular flexibility index (Phi) is 3.48. The number of nitrogens with zero attached hydrogens (tertiary/aromatic N) is 1. The van der Waals surface area contributed by atoms with E-state index in [9.17, 15) is 4.39 Å². The molecular formula is C14H21BFNO2. The summed E-state index contributed by atoms with van der Waals surface area (Å²) in [5.74, 6) is -0.251. The molecular weight excluding hydrogens is 244 g/mol. The zero-order valence-corrected chi connectivity index (χ0v) is 12.5. The van der Waals surface area contributed by atoms with Gasteiger partial charge in [0.15, 0.2) is 0 Å². The number of pyridine rings is 1. The second-order valence-corrected chi connectivity index (χ2v) is 6.37. The Hall–Kier alpha value is -0.935. The minimum Gasteiger partial charge on any atom is -0.399 e. The van der Waals surface area contributed by atoms with Crippen LogP contribution >= 0.6 is 0 Å². The van der Waals surface area contributed by atoms with Crippen LogP contribution in [-0.4, -0.2) is 23.3 Å². The summed E-state index contributed by atoms with van der Waals surface area (Å²) in [6.45, 7) is 11.8. The molecule has 1 aromatic heterocycles. The monoisotopic (exact) mass is 265 g/mol. The van der Waals surface area contributed by atoms with E-state index >= 15 is 0 Å². The Morgan fingerprint density at radius 3 is 2.11 bits per heavy atom. The molecule has 0 spiro atoms. The molecule has 0 unspecified atom stereocenters. The van der Waals surface area contributed by atoms with Gasteiger partial charge in [-0.15, -0.1) is 0 Å². The maximum atomic E-state index is 14.0. The molecule has 0 radical (unpaired) electrons. The molecule has 0 atom stereocenters. The standard InChI is InChI=1S/C14H21BFNO2/c1-9(2)12-10(7-17-8-11(12)16)15-18-13(3,4)14(5,6)19-15/h7-9H,1-6H3. The molecule has 5 heteroatoms. The molecule has 0 N–H and O–H groups in total. The van der Waals surface area contributed by atoms with Crippen molar-refractivity contribution in [2.75, 3.05) is 0 Å². The quantitative estimate of drug-likeness (QED) is 0.770. The molecule has 1 aliphatic rings. The third-order valence-corrected chi connectivity index (χ3v) is 4.05. The van der Waals surface area contributed by atoms with E-state index in [1.165, 1.54) is 6.20 Å². The van der Waals surface area contributed by atoms with Gasteiger partial charge < -0.3 is 9.31 Å². The van der Waals surface area contributed by atoms with Gasteiger partial charge in [-0.05, 0) is 39.2 Å². The van der Waals surface area contributed by atoms with Gasteiger partial charge in [-0.2, -0.15) is 0 Å². The second kappa shape index (κ2) is 4.56. The minimum atomic E-state index is -0.564. The van der Waals surface area contributed by atoms with Crippen molar-refractivity contribution in [1.29, 1.82) is 0 Å². The van der Waals surface area contributed by atoms with Crippen LogP contribution in [0.3, 0.4) is 0 Å². The van der Waals surface area contributed by atoms with Gasteiger partial charge >= 0.3 is 7.12 Å². The van der Waals surface area contributed by atoms with Crippen molar-refractivity contribution in [3.63, 3.8) is 0 Å². The van der Waals surface area contributed by atoms with E-state index in [1.54, 1.807) is 6.20 Å². The van der Waals surface area contributed by atoms with Crippen molar-refractivity contribution in [2.24, 2.45) is 0 Å². The highest BCUT2D eigenvalue weighted by Crippen LogP contribution is 2.37. The zero-order chi connectivity index (χ0) is 14.4. The average molecular weight is 265 g/mol. The number of halogens is 1. The molecule has 3 nitrogen and oxygen atoms in total. The van der Waals surface area contributed by atoms with Gasteiger partial charge in [-0.1, -0.05) is 13.8 Å². The maximum absolute atomic E-state index is 14.0. The van der Waals surface area contributed by atoms with Crippen molar-refractivity contribution in [1.82, 2.24) is 4.98 Å². The lowest BCUT2D eigenvalue weighted by Gasteiger charge is -2.32. The Labute approximate surface area is 114 Å². The summed E-state index contributed by atoms with van der Waals surface area (Å²) in [6.07, 6.45) is 2.88. The Morgan fingerprint density at radius 2 is 1.63 bits per heavy atom. The Bertz CT molecular complexity index is 472. The summed E-state index contributed by atoms with van der Waals surface area (Å²) in [4.78, 5) is 3.93. The largest absolute Gasteiger partial charge is 0.496 e. The van der Waals surface area contributed by atoms with Gasteiger partial charge in [0, 0.05) is 11.7 Å². The van der Waals surface area contributed by atoms with E-state index in [4.69, 9.17) is 9.31 Å². The first kappa shape index (κ1) is 14.5. The van der Waals surface area contributed by atoms with E-state index in [0.29, 0.717) is 11.0 Å². The van der Waals surface area contributed by atoms with Crippen LogP contribution < -0.4 is 5.46 Å². The molecule has 1 aliphatic heterocycles. The lowest BCUT2D eigenvalue weighted by atomic mass is 9.74. The number of hydrogen-bond donors (Lipinski definition) is 0. The van der Waals surface area contributed by atoms with E-state index in [1.807, 2.05) is 41.5 Å². The first-order valence-corrected chi connectivity index (χ1v) is 6.64. The van der Waals surface area contributed by atoms with Crippen LogP contribution in [0.1, 0.15) is 53.0 Å². The first-order chi connectivity index (χ1) is 8.66. The average Bonchev–Trinajstić information content (AvgIpc) is 2.47. The van der Waals surface area contributed by atoms with Gasteiger partial charge in [0.05, 0.1) is 17.4 Å². The van der Waals surface area contributed by atoms with Crippen LogP contribution in [0.2, 0.25) is 0 Å². The molecule has 0 aromatic carbocycles. The molecule has 1 saturated heterocycles. The van der Waals surface area contributed by atoms with Crippen molar-refractivity contribution in [3.8, 4) is 0 Å². The smallest absolute Gasteiger partial charge is 0.399 e. The van der Waals surface area contributed by atoms with Crippen molar-refractivity contribution < 1.29 is 13.7 Å². The molecule has 2 heterocycles. The molecule has 104 valence electrons. The van der Waals surface area contributed by atoms with Crippen LogP contribution in [0.15, 0.2) is 12.4 Å². The summed E-state index contributed by atoms with van der Waals surface area (Å²) in [5.41, 5.74) is 0.443. The number of hydrogen-bond acceptors (Lipinski definition) is 3. The van der Waals surface area contributed by atoms with Crippen LogP contribution in [0.25, 0.3) is 0 Å². The third kappa shape index (κ3) is 2.41. The highest BCUT2D eigenvalue weighted by Gasteiger charge is 2.52. The van der Waals surface area contributed by atoms with Crippen molar-refractivity contribution >= 4 is 12.6 Å². The lowest BCUT2D eigenvalue weighted by Crippen LogP contribution is -2.41. The third-order valence-electron chi connectivity index (χ3n) is 4.05. The molecule has 2 rings (SSSR count). The first-order valence-electron chi connectivity index (χ1n) is 6.64. The summed E-state index contributed by atoms with van der Waals surface area (Å²) in [5, 5.41) is 0. The van der Waals surface area contributed by atoms with Crippen LogP contribution in [0.5, 0.6) is 0 Å². The van der Waals surface area contributed by atoms with Crippen LogP contribution in [-0.2, 0) is 9.31 Å². The Balaban J connectivity index is 2.43. The highest BCUT2D eigenvalue weighted by atomic mass is 19.1. The molecule has 0 bridgehead atoms.